The Bertz CT molecular complexity index is 434. The van der Waals surface area contributed by atoms with Gasteiger partial charge in [0.1, 0.15) is 0 Å². The van der Waals surface area contributed by atoms with Crippen LogP contribution < -0.4 is 10.6 Å². The van der Waals surface area contributed by atoms with Gasteiger partial charge in [0.25, 0.3) is 0 Å². The molecule has 0 saturated carbocycles. The standard InChI is InChI=1S/C13H23N3O2S/c1-9-6-16(8-13(2,3)18-9)12-15-10(7-17-4)11(5-14)19-12/h9H,5-8,14H2,1-4H3. The molecule has 1 aromatic rings. The average Bonchev–Trinajstić information content (AvgIpc) is 2.70. The van der Waals surface area contributed by atoms with Crippen LogP contribution in [0.1, 0.15) is 31.3 Å². The fourth-order valence-corrected chi connectivity index (χ4v) is 3.46. The van der Waals surface area contributed by atoms with Crippen LogP contribution in [0.25, 0.3) is 0 Å². The number of aromatic nitrogens is 1. The van der Waals surface area contributed by atoms with Crippen molar-refractivity contribution < 1.29 is 9.47 Å². The normalized spacial score (nSPS) is 22.8. The lowest BCUT2D eigenvalue weighted by atomic mass is 10.1. The van der Waals surface area contributed by atoms with Crippen LogP contribution in [-0.2, 0) is 22.6 Å². The van der Waals surface area contributed by atoms with Crippen LogP contribution in [-0.4, -0.2) is 36.9 Å². The van der Waals surface area contributed by atoms with Crippen LogP contribution in [0.5, 0.6) is 0 Å². The van der Waals surface area contributed by atoms with Gasteiger partial charge >= 0.3 is 0 Å². The van der Waals surface area contributed by atoms with Gasteiger partial charge in [-0.2, -0.15) is 0 Å². The fraction of sp³-hybridized carbons (Fsp3) is 0.769. The summed E-state index contributed by atoms with van der Waals surface area (Å²) in [5.74, 6) is 0. The third kappa shape index (κ3) is 3.45. The zero-order valence-corrected chi connectivity index (χ0v) is 12.9. The molecule has 1 fully saturated rings. The molecule has 1 atom stereocenters. The van der Waals surface area contributed by atoms with E-state index in [1.165, 1.54) is 0 Å². The highest BCUT2D eigenvalue weighted by Crippen LogP contribution is 2.31. The molecule has 2 rings (SSSR count). The van der Waals surface area contributed by atoms with Gasteiger partial charge < -0.3 is 20.1 Å². The summed E-state index contributed by atoms with van der Waals surface area (Å²) in [6.45, 7) is 9.08. The van der Waals surface area contributed by atoms with Gasteiger partial charge in [0, 0.05) is 31.6 Å². The van der Waals surface area contributed by atoms with Gasteiger partial charge in [0.15, 0.2) is 5.13 Å². The molecule has 1 aromatic heterocycles. The topological polar surface area (TPSA) is 60.6 Å². The first kappa shape index (κ1) is 14.7. The molecule has 108 valence electrons. The summed E-state index contributed by atoms with van der Waals surface area (Å²) >= 11 is 1.66. The molecule has 0 amide bonds. The van der Waals surface area contributed by atoms with Crippen molar-refractivity contribution in [3.63, 3.8) is 0 Å². The van der Waals surface area contributed by atoms with Gasteiger partial charge in [-0.05, 0) is 20.8 Å². The molecule has 0 spiro atoms. The number of nitrogens with zero attached hydrogens (tertiary/aromatic N) is 2. The SMILES string of the molecule is COCc1nc(N2CC(C)OC(C)(C)C2)sc1CN. The molecule has 1 aliphatic heterocycles. The van der Waals surface area contributed by atoms with E-state index in [0.29, 0.717) is 13.2 Å². The van der Waals surface area contributed by atoms with E-state index >= 15 is 0 Å². The van der Waals surface area contributed by atoms with E-state index in [1.54, 1.807) is 18.4 Å². The van der Waals surface area contributed by atoms with E-state index in [1.807, 2.05) is 0 Å². The predicted octanol–water partition coefficient (Wildman–Crippen LogP) is 1.75. The molecule has 2 N–H and O–H groups in total. The highest BCUT2D eigenvalue weighted by Gasteiger charge is 2.32. The molecular weight excluding hydrogens is 262 g/mol. The third-order valence-corrected chi connectivity index (χ3v) is 4.25. The van der Waals surface area contributed by atoms with Crippen molar-refractivity contribution in [3.05, 3.63) is 10.6 Å². The van der Waals surface area contributed by atoms with E-state index in [0.717, 1.165) is 28.8 Å². The number of ether oxygens (including phenoxy) is 2. The Hall–Kier alpha value is -0.690. The van der Waals surface area contributed by atoms with Crippen LogP contribution in [0, 0.1) is 0 Å². The fourth-order valence-electron chi connectivity index (χ4n) is 2.51. The van der Waals surface area contributed by atoms with Crippen molar-refractivity contribution in [3.8, 4) is 0 Å². The number of hydrogen-bond acceptors (Lipinski definition) is 6. The lowest BCUT2D eigenvalue weighted by Gasteiger charge is -2.41. The highest BCUT2D eigenvalue weighted by molar-refractivity contribution is 7.15. The molecule has 0 bridgehead atoms. The molecule has 0 radical (unpaired) electrons. The highest BCUT2D eigenvalue weighted by atomic mass is 32.1. The Kier molecular flexibility index (Phi) is 4.45. The third-order valence-electron chi connectivity index (χ3n) is 3.07. The summed E-state index contributed by atoms with van der Waals surface area (Å²) < 4.78 is 11.1. The van der Waals surface area contributed by atoms with Crippen LogP contribution in [0.15, 0.2) is 0 Å². The summed E-state index contributed by atoms with van der Waals surface area (Å²) in [5, 5.41) is 1.02. The van der Waals surface area contributed by atoms with E-state index in [9.17, 15) is 0 Å². The number of morpholine rings is 1. The number of hydrogen-bond donors (Lipinski definition) is 1. The van der Waals surface area contributed by atoms with E-state index in [-0.39, 0.29) is 11.7 Å². The minimum atomic E-state index is -0.145. The molecule has 5 nitrogen and oxygen atoms in total. The first-order valence-electron chi connectivity index (χ1n) is 6.55. The molecule has 2 heterocycles. The molecule has 1 unspecified atom stereocenters. The van der Waals surface area contributed by atoms with E-state index in [4.69, 9.17) is 15.2 Å². The van der Waals surface area contributed by atoms with Crippen molar-refractivity contribution in [2.24, 2.45) is 5.73 Å². The minimum Gasteiger partial charge on any atom is -0.378 e. The second-order valence-electron chi connectivity index (χ2n) is 5.57. The predicted molar refractivity (Wildman–Crippen MR) is 77.6 cm³/mol. The monoisotopic (exact) mass is 285 g/mol. The number of methoxy groups -OCH3 is 1. The zero-order valence-electron chi connectivity index (χ0n) is 12.1. The summed E-state index contributed by atoms with van der Waals surface area (Å²) in [5.41, 5.74) is 6.59. The molecule has 1 aliphatic rings. The second kappa shape index (κ2) is 5.75. The average molecular weight is 285 g/mol. The van der Waals surface area contributed by atoms with E-state index < -0.39 is 0 Å². The van der Waals surface area contributed by atoms with Crippen LogP contribution in [0.3, 0.4) is 0 Å². The van der Waals surface area contributed by atoms with Gasteiger partial charge in [-0.25, -0.2) is 4.98 Å². The smallest absolute Gasteiger partial charge is 0.186 e. The van der Waals surface area contributed by atoms with Gasteiger partial charge in [0.2, 0.25) is 0 Å². The lowest BCUT2D eigenvalue weighted by molar-refractivity contribution is -0.0749. The Morgan fingerprint density at radius 2 is 2.32 bits per heavy atom. The van der Waals surface area contributed by atoms with Crippen LogP contribution in [0.4, 0.5) is 5.13 Å². The maximum atomic E-state index is 5.92. The quantitative estimate of drug-likeness (QED) is 0.913. The number of thiazole rings is 1. The molecule has 6 heteroatoms. The van der Waals surface area contributed by atoms with Crippen molar-refractivity contribution in [1.29, 1.82) is 0 Å². The number of nitrogens with two attached hydrogens (primary N) is 1. The second-order valence-corrected chi connectivity index (χ2v) is 6.63. The lowest BCUT2D eigenvalue weighted by Crippen LogP contribution is -2.52. The van der Waals surface area contributed by atoms with Gasteiger partial charge in [0.05, 0.1) is 24.0 Å². The van der Waals surface area contributed by atoms with Crippen molar-refractivity contribution in [2.75, 3.05) is 25.1 Å². The van der Waals surface area contributed by atoms with Gasteiger partial charge in [-0.1, -0.05) is 0 Å². The molecule has 1 saturated heterocycles. The summed E-state index contributed by atoms with van der Waals surface area (Å²) in [4.78, 5) is 8.07. The first-order valence-corrected chi connectivity index (χ1v) is 7.37. The minimum absolute atomic E-state index is 0.145. The Labute approximate surface area is 118 Å². The summed E-state index contributed by atoms with van der Waals surface area (Å²) in [6.07, 6.45) is 0.208. The molecule has 0 aliphatic carbocycles. The summed E-state index contributed by atoms with van der Waals surface area (Å²) in [7, 11) is 1.68. The van der Waals surface area contributed by atoms with E-state index in [2.05, 4.69) is 30.7 Å². The number of anilines is 1. The van der Waals surface area contributed by atoms with Gasteiger partial charge in [-0.3, -0.25) is 0 Å². The Morgan fingerprint density at radius 1 is 1.58 bits per heavy atom. The zero-order chi connectivity index (χ0) is 14.0. The van der Waals surface area contributed by atoms with Crippen molar-refractivity contribution in [2.45, 2.75) is 45.6 Å². The maximum Gasteiger partial charge on any atom is 0.186 e. The largest absolute Gasteiger partial charge is 0.378 e. The van der Waals surface area contributed by atoms with Crippen molar-refractivity contribution >= 4 is 16.5 Å². The molecule has 0 aromatic carbocycles. The van der Waals surface area contributed by atoms with Crippen molar-refractivity contribution in [1.82, 2.24) is 4.98 Å². The maximum absolute atomic E-state index is 5.92. The Morgan fingerprint density at radius 3 is 2.89 bits per heavy atom. The van der Waals surface area contributed by atoms with Crippen LogP contribution in [0.2, 0.25) is 0 Å². The Balaban J connectivity index is 2.21. The number of rotatable bonds is 4. The molecular formula is C13H23N3O2S. The van der Waals surface area contributed by atoms with Crippen LogP contribution >= 0.6 is 11.3 Å². The first-order chi connectivity index (χ1) is 8.95. The van der Waals surface area contributed by atoms with Gasteiger partial charge in [-0.15, -0.1) is 11.3 Å². The molecule has 19 heavy (non-hydrogen) atoms. The summed E-state index contributed by atoms with van der Waals surface area (Å²) in [6, 6.07) is 0.